The molecule has 1 saturated carbocycles. The first kappa shape index (κ1) is 20.4. The highest BCUT2D eigenvalue weighted by Crippen LogP contribution is 2.19. The van der Waals surface area contributed by atoms with E-state index in [2.05, 4.69) is 31.2 Å². The Balaban J connectivity index is 1.47. The number of nitrogens with two attached hydrogens (primary N) is 1. The van der Waals surface area contributed by atoms with Gasteiger partial charge in [0.1, 0.15) is 12.0 Å². The number of hydrogen-bond donors (Lipinski definition) is 5. The van der Waals surface area contributed by atoms with Gasteiger partial charge in [-0.15, -0.1) is 0 Å². The van der Waals surface area contributed by atoms with Crippen LogP contribution < -0.4 is 21.3 Å². The molecule has 3 heterocycles. The first-order valence-electron chi connectivity index (χ1n) is 10.8. The molecule has 0 atom stereocenters. The number of pyridine rings is 2. The normalized spacial score (nSPS) is 18.5. The van der Waals surface area contributed by atoms with Crippen LogP contribution in [0.5, 0.6) is 0 Å². The van der Waals surface area contributed by atoms with E-state index in [0.29, 0.717) is 17.4 Å². The van der Waals surface area contributed by atoms with E-state index in [1.165, 1.54) is 19.1 Å². The van der Waals surface area contributed by atoms with Crippen LogP contribution in [0.25, 0.3) is 16.6 Å². The molecule has 2 aliphatic rings. The molecule has 0 radical (unpaired) electrons. The fraction of sp³-hybridized carbons (Fsp3) is 0.455. The van der Waals surface area contributed by atoms with Gasteiger partial charge in [-0.05, 0) is 31.0 Å². The quantitative estimate of drug-likeness (QED) is 0.470. The molecule has 6 N–H and O–H groups in total. The van der Waals surface area contributed by atoms with E-state index < -0.39 is 0 Å². The fourth-order valence-electron chi connectivity index (χ4n) is 4.15. The molecule has 158 valence electrons. The van der Waals surface area contributed by atoms with Crippen molar-refractivity contribution in [3.05, 3.63) is 36.2 Å². The molecule has 2 fully saturated rings. The number of aromatic nitrogens is 2. The Kier molecular flexibility index (Phi) is 6.66. The molecule has 2 aromatic rings. The van der Waals surface area contributed by atoms with Crippen molar-refractivity contribution >= 4 is 34.7 Å². The number of hydrogen-bond acceptors (Lipinski definition) is 5. The molecule has 0 unspecified atom stereocenters. The Bertz CT molecular complexity index is 930. The Labute approximate surface area is 176 Å². The van der Waals surface area contributed by atoms with Gasteiger partial charge in [0.25, 0.3) is 0 Å². The van der Waals surface area contributed by atoms with E-state index in [4.69, 9.17) is 5.41 Å². The van der Waals surface area contributed by atoms with Crippen LogP contribution in [0, 0.1) is 5.41 Å². The van der Waals surface area contributed by atoms with Crippen molar-refractivity contribution in [1.29, 1.82) is 5.41 Å². The zero-order valence-electron chi connectivity index (χ0n) is 17.2. The minimum atomic E-state index is -0.213. The van der Waals surface area contributed by atoms with E-state index in [9.17, 15) is 4.79 Å². The number of carbonyl (C=O) groups is 1. The van der Waals surface area contributed by atoms with E-state index >= 15 is 0 Å². The lowest BCUT2D eigenvalue weighted by Gasteiger charge is -2.19. The van der Waals surface area contributed by atoms with E-state index in [0.717, 1.165) is 55.4 Å². The number of fused-ring (bicyclic) bond motifs is 1. The molecule has 0 spiro atoms. The molecule has 0 bridgehead atoms. The highest BCUT2D eigenvalue weighted by atomic mass is 16.2. The first-order valence-corrected chi connectivity index (χ1v) is 10.8. The van der Waals surface area contributed by atoms with Crippen LogP contribution in [0.4, 0.5) is 10.6 Å². The molecule has 1 saturated heterocycles. The zero-order valence-corrected chi connectivity index (χ0v) is 17.2. The average molecular weight is 409 g/mol. The Morgan fingerprint density at radius 3 is 2.73 bits per heavy atom. The molecule has 1 aliphatic heterocycles. The molecule has 4 rings (SSSR count). The summed E-state index contributed by atoms with van der Waals surface area (Å²) in [5.74, 6) is 0.499. The predicted molar refractivity (Wildman–Crippen MR) is 119 cm³/mol. The summed E-state index contributed by atoms with van der Waals surface area (Å²) in [6.07, 6.45) is 11.8. The van der Waals surface area contributed by atoms with E-state index in [1.807, 2.05) is 18.3 Å². The monoisotopic (exact) mass is 408 g/mol. The largest absolute Gasteiger partial charge is 0.335 e. The second kappa shape index (κ2) is 9.77. The van der Waals surface area contributed by atoms with Crippen molar-refractivity contribution in [3.8, 4) is 0 Å². The van der Waals surface area contributed by atoms with Gasteiger partial charge in [-0.3, -0.25) is 10.3 Å². The standard InChI is InChI=1S/C22H29N7O/c23-12-16(14-25-17-7-9-24-10-8-17)15-11-20-19(26-13-15)5-6-21(28-20)29-22(30)27-18-3-1-2-4-18/h5-6,11-14,17-18,23-25H,1-4,7-10H2,(H2,27,28,29,30)/p+1/b16-14+,23-12?. The van der Waals surface area contributed by atoms with Gasteiger partial charge in [0.05, 0.1) is 22.6 Å². The number of piperidine rings is 1. The van der Waals surface area contributed by atoms with Gasteiger partial charge < -0.3 is 21.4 Å². The number of nitrogens with zero attached hydrogens (tertiary/aromatic N) is 2. The number of anilines is 1. The van der Waals surface area contributed by atoms with Crippen molar-refractivity contribution in [2.75, 3.05) is 18.4 Å². The third-order valence-corrected chi connectivity index (χ3v) is 5.89. The number of allylic oxidation sites excluding steroid dienone is 1. The molecule has 1 aliphatic carbocycles. The number of nitrogens with one attached hydrogen (secondary N) is 4. The molecule has 30 heavy (non-hydrogen) atoms. The van der Waals surface area contributed by atoms with Gasteiger partial charge in [0, 0.05) is 49.9 Å². The summed E-state index contributed by atoms with van der Waals surface area (Å²) in [6, 6.07) is 6.13. The lowest BCUT2D eigenvalue weighted by Crippen LogP contribution is -2.86. The lowest BCUT2D eigenvalue weighted by molar-refractivity contribution is -0.627. The first-order chi connectivity index (χ1) is 14.7. The number of amides is 2. The van der Waals surface area contributed by atoms with Gasteiger partial charge in [-0.25, -0.2) is 9.78 Å². The van der Waals surface area contributed by atoms with Gasteiger partial charge >= 0.3 is 6.03 Å². The lowest BCUT2D eigenvalue weighted by atomic mass is 10.1. The summed E-state index contributed by atoms with van der Waals surface area (Å²) in [6.45, 7) is 2.08. The van der Waals surface area contributed by atoms with Crippen LogP contribution in [0.2, 0.25) is 0 Å². The second-order valence-electron chi connectivity index (χ2n) is 8.08. The van der Waals surface area contributed by atoms with Crippen LogP contribution in [0.3, 0.4) is 0 Å². The summed E-state index contributed by atoms with van der Waals surface area (Å²) in [4.78, 5) is 21.3. The summed E-state index contributed by atoms with van der Waals surface area (Å²) in [5, 5.41) is 19.2. The van der Waals surface area contributed by atoms with Gasteiger partial charge in [-0.2, -0.15) is 0 Å². The summed E-state index contributed by atoms with van der Waals surface area (Å²) in [7, 11) is 0. The van der Waals surface area contributed by atoms with Gasteiger partial charge in [0.2, 0.25) is 0 Å². The molecule has 8 nitrogen and oxygen atoms in total. The molecular formula is C22H30N7O+. The van der Waals surface area contributed by atoms with Gasteiger partial charge in [0.15, 0.2) is 0 Å². The molecule has 0 aromatic carbocycles. The van der Waals surface area contributed by atoms with Crippen LogP contribution in [0.15, 0.2) is 30.6 Å². The summed E-state index contributed by atoms with van der Waals surface area (Å²) < 4.78 is 0. The Morgan fingerprint density at radius 1 is 1.17 bits per heavy atom. The minimum Gasteiger partial charge on any atom is -0.335 e. The van der Waals surface area contributed by atoms with Crippen LogP contribution in [-0.2, 0) is 0 Å². The smallest absolute Gasteiger partial charge is 0.320 e. The number of carbonyl (C=O) groups excluding carboxylic acids is 1. The maximum atomic E-state index is 12.2. The Morgan fingerprint density at radius 2 is 1.97 bits per heavy atom. The SMILES string of the molecule is N=C/C(=C\[NH2+]C1CCNCC1)c1cnc2ccc(NC(=O)NC3CCCC3)nc2c1. The highest BCUT2D eigenvalue weighted by molar-refractivity contribution is 6.08. The van der Waals surface area contributed by atoms with Crippen LogP contribution in [0.1, 0.15) is 44.1 Å². The number of quaternary nitrogens is 1. The highest BCUT2D eigenvalue weighted by Gasteiger charge is 2.18. The number of urea groups is 1. The van der Waals surface area contributed by atoms with Crippen molar-refractivity contribution in [3.63, 3.8) is 0 Å². The zero-order chi connectivity index (χ0) is 20.8. The van der Waals surface area contributed by atoms with Crippen molar-refractivity contribution in [1.82, 2.24) is 20.6 Å². The maximum absolute atomic E-state index is 12.2. The molecule has 2 amide bonds. The maximum Gasteiger partial charge on any atom is 0.320 e. The Hall–Kier alpha value is -2.84. The molecule has 8 heteroatoms. The van der Waals surface area contributed by atoms with Crippen LogP contribution >= 0.6 is 0 Å². The molecule has 2 aromatic heterocycles. The third-order valence-electron chi connectivity index (χ3n) is 5.89. The summed E-state index contributed by atoms with van der Waals surface area (Å²) in [5.41, 5.74) is 3.11. The summed E-state index contributed by atoms with van der Waals surface area (Å²) >= 11 is 0. The second-order valence-corrected chi connectivity index (χ2v) is 8.08. The number of rotatable bonds is 6. The average Bonchev–Trinajstić information content (AvgIpc) is 3.27. The van der Waals surface area contributed by atoms with Gasteiger partial charge in [-0.1, -0.05) is 12.8 Å². The third kappa shape index (κ3) is 5.20. The van der Waals surface area contributed by atoms with E-state index in [-0.39, 0.29) is 12.1 Å². The molecular weight excluding hydrogens is 378 g/mol. The van der Waals surface area contributed by atoms with Crippen molar-refractivity contribution in [2.45, 2.75) is 50.6 Å². The minimum absolute atomic E-state index is 0.213. The van der Waals surface area contributed by atoms with E-state index in [1.54, 1.807) is 12.3 Å². The predicted octanol–water partition coefficient (Wildman–Crippen LogP) is 2.00. The van der Waals surface area contributed by atoms with Crippen LogP contribution in [-0.4, -0.2) is 47.4 Å². The fourth-order valence-corrected chi connectivity index (χ4v) is 4.15. The van der Waals surface area contributed by atoms with Crippen molar-refractivity contribution < 1.29 is 10.1 Å². The van der Waals surface area contributed by atoms with Crippen molar-refractivity contribution in [2.24, 2.45) is 0 Å². The topological polar surface area (TPSA) is 119 Å².